The molecule has 3 rings (SSSR count). The summed E-state index contributed by atoms with van der Waals surface area (Å²) >= 11 is 3.64. The Morgan fingerprint density at radius 1 is 1.30 bits per heavy atom. The molecule has 0 unspecified atom stereocenters. The first kappa shape index (κ1) is 16.5. The summed E-state index contributed by atoms with van der Waals surface area (Å²) in [5.74, 6) is 1.72. The van der Waals surface area contributed by atoms with Gasteiger partial charge in [-0.05, 0) is 46.4 Å². The number of halogens is 1. The van der Waals surface area contributed by atoms with Gasteiger partial charge < -0.3 is 14.8 Å². The first-order chi connectivity index (χ1) is 11.3. The summed E-state index contributed by atoms with van der Waals surface area (Å²) in [6.45, 7) is 5.76. The van der Waals surface area contributed by atoms with Crippen LogP contribution in [0.25, 0.3) is 10.8 Å². The van der Waals surface area contributed by atoms with Crippen LogP contribution in [0.4, 0.5) is 5.82 Å². The van der Waals surface area contributed by atoms with Crippen LogP contribution < -0.4 is 10.1 Å². The number of hydrogen-bond donors (Lipinski definition) is 1. The molecule has 0 radical (unpaired) electrons. The van der Waals surface area contributed by atoms with Crippen LogP contribution in [0.5, 0.6) is 5.75 Å². The third-order valence-corrected chi connectivity index (χ3v) is 4.89. The normalized spacial score (nSPS) is 15.7. The van der Waals surface area contributed by atoms with Crippen LogP contribution in [-0.2, 0) is 4.74 Å². The second-order valence-electron chi connectivity index (χ2n) is 5.57. The van der Waals surface area contributed by atoms with Gasteiger partial charge in [0.05, 0.1) is 24.8 Å². The molecule has 1 aromatic carbocycles. The minimum atomic E-state index is 0.821. The summed E-state index contributed by atoms with van der Waals surface area (Å²) in [7, 11) is 1.68. The van der Waals surface area contributed by atoms with Crippen molar-refractivity contribution in [1.29, 1.82) is 0 Å². The van der Waals surface area contributed by atoms with Crippen LogP contribution in [0.1, 0.15) is 6.42 Å². The molecule has 0 amide bonds. The predicted molar refractivity (Wildman–Crippen MR) is 96.4 cm³/mol. The minimum Gasteiger partial charge on any atom is -0.496 e. The number of benzene rings is 1. The molecule has 6 heteroatoms. The van der Waals surface area contributed by atoms with E-state index >= 15 is 0 Å². The van der Waals surface area contributed by atoms with Gasteiger partial charge in [0.15, 0.2) is 0 Å². The van der Waals surface area contributed by atoms with Crippen molar-refractivity contribution in [2.75, 3.05) is 51.8 Å². The molecule has 1 saturated heterocycles. The van der Waals surface area contributed by atoms with Gasteiger partial charge in [-0.25, -0.2) is 4.98 Å². The van der Waals surface area contributed by atoms with Crippen molar-refractivity contribution in [1.82, 2.24) is 9.88 Å². The molecule has 2 aromatic rings. The molecular weight excluding hydrogens is 358 g/mol. The highest BCUT2D eigenvalue weighted by Crippen LogP contribution is 2.36. The Balaban J connectivity index is 1.65. The SMILES string of the molecule is COc1ccc2ccnc(NCCCN3CCOCC3)c2c1Br. The maximum atomic E-state index is 5.39. The molecule has 124 valence electrons. The smallest absolute Gasteiger partial charge is 0.135 e. The molecule has 1 N–H and O–H groups in total. The van der Waals surface area contributed by atoms with Crippen molar-refractivity contribution in [2.24, 2.45) is 0 Å². The van der Waals surface area contributed by atoms with Gasteiger partial charge in [0.25, 0.3) is 0 Å². The molecule has 2 heterocycles. The van der Waals surface area contributed by atoms with Crippen LogP contribution in [0.2, 0.25) is 0 Å². The van der Waals surface area contributed by atoms with Gasteiger partial charge in [0.2, 0.25) is 0 Å². The first-order valence-corrected chi connectivity index (χ1v) is 8.74. The van der Waals surface area contributed by atoms with Gasteiger partial charge in [-0.1, -0.05) is 6.07 Å². The van der Waals surface area contributed by atoms with E-state index in [2.05, 4.69) is 37.2 Å². The predicted octanol–water partition coefficient (Wildman–Crippen LogP) is 3.14. The molecule has 1 aliphatic rings. The number of aromatic nitrogens is 1. The Bertz CT molecular complexity index is 660. The fourth-order valence-corrected chi connectivity index (χ4v) is 3.54. The number of anilines is 1. The van der Waals surface area contributed by atoms with E-state index in [9.17, 15) is 0 Å². The molecule has 1 aromatic heterocycles. The van der Waals surface area contributed by atoms with Crippen molar-refractivity contribution >= 4 is 32.5 Å². The summed E-state index contributed by atoms with van der Waals surface area (Å²) in [4.78, 5) is 6.94. The van der Waals surface area contributed by atoms with Crippen LogP contribution in [-0.4, -0.2) is 56.4 Å². The molecule has 23 heavy (non-hydrogen) atoms. The van der Waals surface area contributed by atoms with E-state index < -0.39 is 0 Å². The van der Waals surface area contributed by atoms with E-state index in [1.807, 2.05) is 18.3 Å². The van der Waals surface area contributed by atoms with Crippen LogP contribution >= 0.6 is 15.9 Å². The summed E-state index contributed by atoms with van der Waals surface area (Å²) < 4.78 is 11.7. The Morgan fingerprint density at radius 2 is 2.13 bits per heavy atom. The van der Waals surface area contributed by atoms with E-state index in [4.69, 9.17) is 9.47 Å². The Morgan fingerprint density at radius 3 is 2.91 bits per heavy atom. The average molecular weight is 380 g/mol. The lowest BCUT2D eigenvalue weighted by Gasteiger charge is -2.26. The molecular formula is C17H22BrN3O2. The van der Waals surface area contributed by atoms with Gasteiger partial charge in [-0.15, -0.1) is 0 Å². The maximum absolute atomic E-state index is 5.39. The highest BCUT2D eigenvalue weighted by molar-refractivity contribution is 9.10. The largest absolute Gasteiger partial charge is 0.496 e. The number of pyridine rings is 1. The highest BCUT2D eigenvalue weighted by atomic mass is 79.9. The number of nitrogens with one attached hydrogen (secondary N) is 1. The lowest BCUT2D eigenvalue weighted by atomic mass is 10.1. The molecule has 5 nitrogen and oxygen atoms in total. The van der Waals surface area contributed by atoms with Crippen LogP contribution in [0, 0.1) is 0 Å². The van der Waals surface area contributed by atoms with Gasteiger partial charge in [0.1, 0.15) is 11.6 Å². The monoisotopic (exact) mass is 379 g/mol. The third-order valence-electron chi connectivity index (χ3n) is 4.10. The summed E-state index contributed by atoms with van der Waals surface area (Å²) in [5, 5.41) is 5.67. The summed E-state index contributed by atoms with van der Waals surface area (Å²) in [6, 6.07) is 6.03. The standard InChI is InChI=1S/C17H22BrN3O2/c1-22-14-4-3-13-5-7-20-17(15(13)16(14)18)19-6-2-8-21-9-11-23-12-10-21/h3-5,7H,2,6,8-12H2,1H3,(H,19,20). The lowest BCUT2D eigenvalue weighted by molar-refractivity contribution is 0.0378. The molecule has 0 aliphatic carbocycles. The summed E-state index contributed by atoms with van der Waals surface area (Å²) in [5.41, 5.74) is 0. The van der Waals surface area contributed by atoms with Gasteiger partial charge >= 0.3 is 0 Å². The van der Waals surface area contributed by atoms with Gasteiger partial charge in [-0.2, -0.15) is 0 Å². The highest BCUT2D eigenvalue weighted by Gasteiger charge is 2.12. The zero-order chi connectivity index (χ0) is 16.1. The molecule has 0 spiro atoms. The van der Waals surface area contributed by atoms with E-state index in [1.165, 1.54) is 0 Å². The average Bonchev–Trinajstić information content (AvgIpc) is 2.60. The molecule has 0 saturated carbocycles. The zero-order valence-corrected chi connectivity index (χ0v) is 14.9. The second kappa shape index (κ2) is 7.95. The molecule has 0 atom stereocenters. The number of ether oxygens (including phenoxy) is 2. The van der Waals surface area contributed by atoms with E-state index in [0.717, 1.165) is 72.6 Å². The third kappa shape index (κ3) is 3.94. The number of hydrogen-bond acceptors (Lipinski definition) is 5. The zero-order valence-electron chi connectivity index (χ0n) is 13.3. The van der Waals surface area contributed by atoms with Crippen molar-refractivity contribution in [3.8, 4) is 5.75 Å². The van der Waals surface area contributed by atoms with Gasteiger partial charge in [-0.3, -0.25) is 4.90 Å². The molecule has 1 fully saturated rings. The van der Waals surface area contributed by atoms with Crippen molar-refractivity contribution in [2.45, 2.75) is 6.42 Å². The minimum absolute atomic E-state index is 0.821. The van der Waals surface area contributed by atoms with E-state index in [1.54, 1.807) is 7.11 Å². The fourth-order valence-electron chi connectivity index (χ4n) is 2.83. The summed E-state index contributed by atoms with van der Waals surface area (Å²) in [6.07, 6.45) is 2.92. The number of fused-ring (bicyclic) bond motifs is 1. The van der Waals surface area contributed by atoms with Crippen molar-refractivity contribution in [3.63, 3.8) is 0 Å². The van der Waals surface area contributed by atoms with Crippen LogP contribution in [0.15, 0.2) is 28.9 Å². The number of rotatable bonds is 6. The molecule has 1 aliphatic heterocycles. The fraction of sp³-hybridized carbons (Fsp3) is 0.471. The number of methoxy groups -OCH3 is 1. The topological polar surface area (TPSA) is 46.6 Å². The number of morpholine rings is 1. The maximum Gasteiger partial charge on any atom is 0.135 e. The Hall–Kier alpha value is -1.37. The van der Waals surface area contributed by atoms with Crippen LogP contribution in [0.3, 0.4) is 0 Å². The van der Waals surface area contributed by atoms with E-state index in [-0.39, 0.29) is 0 Å². The second-order valence-corrected chi connectivity index (χ2v) is 6.37. The molecule has 0 bridgehead atoms. The number of nitrogens with zero attached hydrogens (tertiary/aromatic N) is 2. The Labute approximate surface area is 145 Å². The van der Waals surface area contributed by atoms with Gasteiger partial charge in [0, 0.05) is 31.2 Å². The first-order valence-electron chi connectivity index (χ1n) is 7.95. The quantitative estimate of drug-likeness (QED) is 0.781. The Kier molecular flexibility index (Phi) is 5.70. The lowest BCUT2D eigenvalue weighted by Crippen LogP contribution is -2.37. The van der Waals surface area contributed by atoms with Crippen molar-refractivity contribution < 1.29 is 9.47 Å². The van der Waals surface area contributed by atoms with Crippen molar-refractivity contribution in [3.05, 3.63) is 28.9 Å². The van der Waals surface area contributed by atoms with E-state index in [0.29, 0.717) is 0 Å².